The number of carboxylic acid groups (broad SMARTS) is 1. The summed E-state index contributed by atoms with van der Waals surface area (Å²) in [4.78, 5) is 19.4. The van der Waals surface area contributed by atoms with E-state index in [1.54, 1.807) is 0 Å². The molecular formula is C15H15ClN2O2. The molecule has 0 saturated heterocycles. The van der Waals surface area contributed by atoms with Gasteiger partial charge < -0.3 is 5.11 Å². The van der Waals surface area contributed by atoms with Crippen LogP contribution in [0.1, 0.15) is 16.8 Å². The van der Waals surface area contributed by atoms with E-state index in [1.165, 1.54) is 12.4 Å². The van der Waals surface area contributed by atoms with Crippen LogP contribution < -0.4 is 0 Å². The molecule has 0 aliphatic rings. The maximum absolute atomic E-state index is 11.4. The van der Waals surface area contributed by atoms with E-state index >= 15 is 0 Å². The monoisotopic (exact) mass is 290 g/mol. The highest BCUT2D eigenvalue weighted by molar-refractivity contribution is 6.29. The first kappa shape index (κ1) is 14.5. The van der Waals surface area contributed by atoms with E-state index in [4.69, 9.17) is 11.6 Å². The number of benzene rings is 1. The average Bonchev–Trinajstić information content (AvgIpc) is 2.42. The lowest BCUT2D eigenvalue weighted by Crippen LogP contribution is -2.19. The molecule has 20 heavy (non-hydrogen) atoms. The molecule has 1 aromatic heterocycles. The number of rotatable bonds is 5. The van der Waals surface area contributed by atoms with Gasteiger partial charge in [-0.1, -0.05) is 41.4 Å². The van der Waals surface area contributed by atoms with E-state index in [0.29, 0.717) is 23.7 Å². The summed E-state index contributed by atoms with van der Waals surface area (Å²) in [6, 6.07) is 7.88. The zero-order valence-corrected chi connectivity index (χ0v) is 11.8. The Kier molecular flexibility index (Phi) is 4.69. The van der Waals surface area contributed by atoms with Crippen LogP contribution in [0.25, 0.3) is 0 Å². The minimum Gasteiger partial charge on any atom is -0.481 e. The van der Waals surface area contributed by atoms with Gasteiger partial charge in [-0.2, -0.15) is 0 Å². The van der Waals surface area contributed by atoms with Gasteiger partial charge in [-0.3, -0.25) is 9.78 Å². The van der Waals surface area contributed by atoms with E-state index in [1.807, 2.05) is 31.2 Å². The second-order valence-corrected chi connectivity index (χ2v) is 5.15. The van der Waals surface area contributed by atoms with E-state index in [2.05, 4.69) is 9.97 Å². The first-order valence-electron chi connectivity index (χ1n) is 6.29. The molecule has 0 aliphatic heterocycles. The average molecular weight is 291 g/mol. The number of nitrogens with zero attached hydrogens (tertiary/aromatic N) is 2. The van der Waals surface area contributed by atoms with E-state index in [-0.39, 0.29) is 0 Å². The number of hydrogen-bond donors (Lipinski definition) is 1. The predicted molar refractivity (Wildman–Crippen MR) is 76.8 cm³/mol. The van der Waals surface area contributed by atoms with Crippen molar-refractivity contribution >= 4 is 17.6 Å². The molecule has 0 radical (unpaired) electrons. The first-order valence-corrected chi connectivity index (χ1v) is 6.67. The largest absolute Gasteiger partial charge is 0.481 e. The second-order valence-electron chi connectivity index (χ2n) is 4.76. The highest BCUT2D eigenvalue weighted by atomic mass is 35.5. The molecular weight excluding hydrogens is 276 g/mol. The molecule has 1 heterocycles. The van der Waals surface area contributed by atoms with E-state index in [0.717, 1.165) is 11.1 Å². The van der Waals surface area contributed by atoms with Gasteiger partial charge in [-0.15, -0.1) is 0 Å². The molecule has 1 N–H and O–H groups in total. The molecule has 0 saturated carbocycles. The maximum atomic E-state index is 11.4. The van der Waals surface area contributed by atoms with Crippen molar-refractivity contribution in [3.05, 3.63) is 58.6 Å². The SMILES string of the molecule is Cc1ccc(CC(Cc2cnc(Cl)cn2)C(=O)O)cc1. The zero-order chi connectivity index (χ0) is 14.5. The summed E-state index contributed by atoms with van der Waals surface area (Å²) in [6.45, 7) is 2.00. The lowest BCUT2D eigenvalue weighted by Gasteiger charge is -2.12. The van der Waals surface area contributed by atoms with Crippen LogP contribution in [0.3, 0.4) is 0 Å². The van der Waals surface area contributed by atoms with Gasteiger partial charge in [0.05, 0.1) is 24.0 Å². The van der Waals surface area contributed by atoms with Gasteiger partial charge in [0.1, 0.15) is 5.15 Å². The first-order chi connectivity index (χ1) is 9.54. The summed E-state index contributed by atoms with van der Waals surface area (Å²) in [5.41, 5.74) is 2.79. The fourth-order valence-corrected chi connectivity index (χ4v) is 2.05. The summed E-state index contributed by atoms with van der Waals surface area (Å²) in [7, 11) is 0. The minimum absolute atomic E-state index is 0.305. The van der Waals surface area contributed by atoms with Gasteiger partial charge in [0.15, 0.2) is 0 Å². The van der Waals surface area contributed by atoms with Crippen LogP contribution in [0.5, 0.6) is 0 Å². The fourth-order valence-electron chi connectivity index (χ4n) is 1.95. The number of carbonyl (C=O) groups is 1. The van der Waals surface area contributed by atoms with Crippen molar-refractivity contribution in [2.24, 2.45) is 5.92 Å². The molecule has 0 fully saturated rings. The van der Waals surface area contributed by atoms with Crippen LogP contribution >= 0.6 is 11.6 Å². The lowest BCUT2D eigenvalue weighted by molar-refractivity contribution is -0.141. The topological polar surface area (TPSA) is 63.1 Å². The molecule has 0 aliphatic carbocycles. The Morgan fingerprint density at radius 2 is 1.90 bits per heavy atom. The molecule has 0 bridgehead atoms. The highest BCUT2D eigenvalue weighted by Crippen LogP contribution is 2.15. The molecule has 104 valence electrons. The van der Waals surface area contributed by atoms with Gasteiger partial charge >= 0.3 is 5.97 Å². The lowest BCUT2D eigenvalue weighted by atomic mass is 9.94. The Morgan fingerprint density at radius 3 is 2.45 bits per heavy atom. The Balaban J connectivity index is 2.09. The number of aliphatic carboxylic acids is 1. The third-order valence-corrected chi connectivity index (χ3v) is 3.28. The molecule has 5 heteroatoms. The molecule has 0 spiro atoms. The number of aromatic nitrogens is 2. The number of halogens is 1. The smallest absolute Gasteiger partial charge is 0.307 e. The normalized spacial score (nSPS) is 12.1. The van der Waals surface area contributed by atoms with Gasteiger partial charge in [-0.25, -0.2) is 4.98 Å². The highest BCUT2D eigenvalue weighted by Gasteiger charge is 2.19. The van der Waals surface area contributed by atoms with E-state index < -0.39 is 11.9 Å². The number of hydrogen-bond acceptors (Lipinski definition) is 3. The summed E-state index contributed by atoms with van der Waals surface area (Å²) >= 11 is 5.67. The second kappa shape index (κ2) is 6.48. The summed E-state index contributed by atoms with van der Waals surface area (Å²) < 4.78 is 0. The van der Waals surface area contributed by atoms with Crippen molar-refractivity contribution < 1.29 is 9.90 Å². The summed E-state index contributed by atoms with van der Waals surface area (Å²) in [5, 5.41) is 9.64. The Morgan fingerprint density at radius 1 is 1.20 bits per heavy atom. The zero-order valence-electron chi connectivity index (χ0n) is 11.1. The van der Waals surface area contributed by atoms with Crippen LogP contribution in [-0.2, 0) is 17.6 Å². The third-order valence-electron chi connectivity index (χ3n) is 3.08. The molecule has 2 aromatic rings. The van der Waals surface area contributed by atoms with E-state index in [9.17, 15) is 9.90 Å². The van der Waals surface area contributed by atoms with Crippen molar-refractivity contribution in [1.29, 1.82) is 0 Å². The van der Waals surface area contributed by atoms with Gasteiger partial charge in [0.2, 0.25) is 0 Å². The van der Waals surface area contributed by atoms with Crippen LogP contribution in [0, 0.1) is 12.8 Å². The molecule has 4 nitrogen and oxygen atoms in total. The third kappa shape index (κ3) is 4.03. The molecule has 0 amide bonds. The molecule has 1 atom stereocenters. The van der Waals surface area contributed by atoms with Crippen LogP contribution in [0.15, 0.2) is 36.7 Å². The molecule has 1 aromatic carbocycles. The van der Waals surface area contributed by atoms with Crippen molar-refractivity contribution in [2.45, 2.75) is 19.8 Å². The van der Waals surface area contributed by atoms with Crippen LogP contribution in [0.4, 0.5) is 0 Å². The molecule has 2 rings (SSSR count). The number of carboxylic acids is 1. The Labute approximate surface area is 122 Å². The maximum Gasteiger partial charge on any atom is 0.307 e. The van der Waals surface area contributed by atoms with Gasteiger partial charge in [0, 0.05) is 6.42 Å². The van der Waals surface area contributed by atoms with Crippen molar-refractivity contribution in [2.75, 3.05) is 0 Å². The van der Waals surface area contributed by atoms with Crippen LogP contribution in [0.2, 0.25) is 5.15 Å². The summed E-state index contributed by atoms with van der Waals surface area (Å²) in [5.74, 6) is -1.35. The predicted octanol–water partition coefficient (Wildman–Crippen LogP) is 2.92. The van der Waals surface area contributed by atoms with Crippen LogP contribution in [-0.4, -0.2) is 21.0 Å². The van der Waals surface area contributed by atoms with Crippen molar-refractivity contribution in [1.82, 2.24) is 9.97 Å². The fraction of sp³-hybridized carbons (Fsp3) is 0.267. The van der Waals surface area contributed by atoms with Gasteiger partial charge in [0.25, 0.3) is 0 Å². The quantitative estimate of drug-likeness (QED) is 0.919. The van der Waals surface area contributed by atoms with Gasteiger partial charge in [-0.05, 0) is 18.9 Å². The number of aryl methyl sites for hydroxylation is 1. The minimum atomic E-state index is -0.831. The summed E-state index contributed by atoms with van der Waals surface area (Å²) in [6.07, 6.45) is 3.77. The Hall–Kier alpha value is -1.94. The van der Waals surface area contributed by atoms with Crippen molar-refractivity contribution in [3.8, 4) is 0 Å². The standard InChI is InChI=1S/C15H15ClN2O2/c1-10-2-4-11(5-3-10)6-12(15(19)20)7-13-8-18-14(16)9-17-13/h2-5,8-9,12H,6-7H2,1H3,(H,19,20). The Bertz CT molecular complexity index is 534. The van der Waals surface area contributed by atoms with Crippen molar-refractivity contribution in [3.63, 3.8) is 0 Å². The molecule has 1 unspecified atom stereocenters.